The van der Waals surface area contributed by atoms with E-state index in [1.807, 2.05) is 46.8 Å². The Labute approximate surface area is 401 Å². The van der Waals surface area contributed by atoms with Gasteiger partial charge in [-0.1, -0.05) is 107 Å². The lowest BCUT2D eigenvalue weighted by Crippen LogP contribution is -2.48. The molecular formula is C52H98O10Si3. The molecule has 0 bridgehead atoms. The number of carbonyl (C=O) groups excluding carboxylic acids is 2. The lowest BCUT2D eigenvalue weighted by atomic mass is 9.88. The van der Waals surface area contributed by atoms with Crippen LogP contribution >= 0.6 is 0 Å². The summed E-state index contributed by atoms with van der Waals surface area (Å²) in [4.78, 5) is 26.8. The molecule has 0 aromatic heterocycles. The van der Waals surface area contributed by atoms with E-state index in [1.54, 1.807) is 0 Å². The summed E-state index contributed by atoms with van der Waals surface area (Å²) in [6, 6.07) is 9.40. The number of allylic oxidation sites excluding steroid dienone is 2. The van der Waals surface area contributed by atoms with Gasteiger partial charge in [-0.15, -0.1) is 0 Å². The van der Waals surface area contributed by atoms with Crippen LogP contribution in [0, 0.1) is 11.8 Å². The van der Waals surface area contributed by atoms with Gasteiger partial charge in [-0.3, -0.25) is 9.59 Å². The standard InChI is InChI=1S/C52H98O10Si3/c1-19-45(61-64(24-6,25-7)26-8)41(14)50-46(57-50)38-51(17,62-65(27-9,28-10)29-11)35-30-31-39(12)49-40(13)32-33-47(56-42(15)53)52(18,59-43(16)55-20-2)36-34-44(37-48(54)58-49)60-63(21-3,22-4)23-5/h30-33,35,40-41,43-47,49-50H,19-29,34,36-38H2,1-18H3/b33-32-,35-30+,39-31+/t40-,41+,43-,44+,45-,46+,47-,49+,50-,51-,52+/m0/s1. The fourth-order valence-electron chi connectivity index (χ4n) is 10.2. The highest BCUT2D eigenvalue weighted by molar-refractivity contribution is 6.74. The van der Waals surface area contributed by atoms with Crippen molar-refractivity contribution in [3.8, 4) is 0 Å². The van der Waals surface area contributed by atoms with Gasteiger partial charge in [0.25, 0.3) is 0 Å². The molecular weight excluding hydrogens is 869 g/mol. The third-order valence-corrected chi connectivity index (χ3v) is 29.6. The molecule has 11 atom stereocenters. The zero-order valence-corrected chi connectivity index (χ0v) is 47.8. The Balaban J connectivity index is 2.62. The van der Waals surface area contributed by atoms with Crippen LogP contribution in [0.2, 0.25) is 54.4 Å². The first-order chi connectivity index (χ1) is 30.6. The lowest BCUT2D eigenvalue weighted by Gasteiger charge is -2.40. The molecule has 1 saturated heterocycles. The Kier molecular flexibility index (Phi) is 25.4. The summed E-state index contributed by atoms with van der Waals surface area (Å²) < 4.78 is 53.0. The quantitative estimate of drug-likeness (QED) is 0.0188. The van der Waals surface area contributed by atoms with Crippen molar-refractivity contribution in [2.45, 2.75) is 265 Å². The minimum atomic E-state index is -2.13. The van der Waals surface area contributed by atoms with Crippen molar-refractivity contribution in [2.24, 2.45) is 11.8 Å². The van der Waals surface area contributed by atoms with E-state index in [1.165, 1.54) is 6.92 Å². The topological polar surface area (TPSA) is 111 Å². The lowest BCUT2D eigenvalue weighted by molar-refractivity contribution is -0.227. The Morgan fingerprint density at radius 1 is 0.877 bits per heavy atom. The first-order valence-corrected chi connectivity index (χ1v) is 33.6. The van der Waals surface area contributed by atoms with Gasteiger partial charge < -0.3 is 37.0 Å². The average molecular weight is 968 g/mol. The largest absolute Gasteiger partial charge is 0.457 e. The van der Waals surface area contributed by atoms with Gasteiger partial charge in [-0.2, -0.15) is 0 Å². The van der Waals surface area contributed by atoms with E-state index in [0.717, 1.165) is 72.8 Å². The van der Waals surface area contributed by atoms with Gasteiger partial charge in [0.15, 0.2) is 31.2 Å². The number of ether oxygens (including phenoxy) is 5. The summed E-state index contributed by atoms with van der Waals surface area (Å²) >= 11 is 0. The molecule has 0 radical (unpaired) electrons. The first kappa shape index (κ1) is 59.7. The number of hydrogen-bond acceptors (Lipinski definition) is 10. The second-order valence-electron chi connectivity index (χ2n) is 19.8. The van der Waals surface area contributed by atoms with Gasteiger partial charge in [0.05, 0.1) is 30.3 Å². The van der Waals surface area contributed by atoms with Gasteiger partial charge in [0, 0.05) is 37.9 Å². The third kappa shape index (κ3) is 17.5. The van der Waals surface area contributed by atoms with Crippen molar-refractivity contribution in [3.63, 3.8) is 0 Å². The van der Waals surface area contributed by atoms with Crippen molar-refractivity contribution in [3.05, 3.63) is 36.0 Å². The number of epoxide rings is 1. The summed E-state index contributed by atoms with van der Waals surface area (Å²) in [5, 5.41) is 0. The molecule has 2 aliphatic heterocycles. The van der Waals surface area contributed by atoms with E-state index in [2.05, 4.69) is 101 Å². The molecule has 2 aliphatic rings. The molecule has 65 heavy (non-hydrogen) atoms. The summed E-state index contributed by atoms with van der Waals surface area (Å²) in [5.41, 5.74) is -0.625. The molecule has 378 valence electrons. The van der Waals surface area contributed by atoms with Crippen LogP contribution in [0.25, 0.3) is 0 Å². The number of carbonyl (C=O) groups is 2. The minimum Gasteiger partial charge on any atom is -0.457 e. The highest BCUT2D eigenvalue weighted by atomic mass is 28.4. The van der Waals surface area contributed by atoms with Crippen molar-refractivity contribution in [1.29, 1.82) is 0 Å². The maximum Gasteiger partial charge on any atom is 0.308 e. The van der Waals surface area contributed by atoms with E-state index < -0.39 is 60.6 Å². The summed E-state index contributed by atoms with van der Waals surface area (Å²) in [6.45, 7) is 38.8. The van der Waals surface area contributed by atoms with Crippen molar-refractivity contribution >= 4 is 36.9 Å². The zero-order valence-electron chi connectivity index (χ0n) is 44.8. The van der Waals surface area contributed by atoms with Gasteiger partial charge in [-0.05, 0) is 120 Å². The summed E-state index contributed by atoms with van der Waals surface area (Å²) in [6.07, 6.45) is 11.3. The van der Waals surface area contributed by atoms with Crippen molar-refractivity contribution in [1.82, 2.24) is 0 Å². The number of esters is 2. The number of cyclic esters (lactones) is 1. The fraction of sp³-hybridized carbons (Fsp3) is 0.846. The van der Waals surface area contributed by atoms with Crippen LogP contribution in [0.1, 0.15) is 157 Å². The molecule has 0 unspecified atom stereocenters. The van der Waals surface area contributed by atoms with Crippen LogP contribution in [0.3, 0.4) is 0 Å². The van der Waals surface area contributed by atoms with Gasteiger partial charge in [0.2, 0.25) is 0 Å². The SMILES string of the molecule is CCO[C@H](C)O[C@]1(C)CC[C@@H](O[Si](CC)(CC)CC)CC(=O)O[C@H](/C(C)=C/C=C/[C@@](C)(C[C@H]2O[C@H]2[C@H](C)[C@H](CC)O[Si](CC)(CC)CC)O[Si](CC)(CC)CC)[C@@H](C)/C=C\[C@@H]1OC(C)=O. The Bertz CT molecular complexity index is 1480. The van der Waals surface area contributed by atoms with Crippen molar-refractivity contribution < 1.29 is 46.6 Å². The molecule has 0 aliphatic carbocycles. The fourth-order valence-corrected chi connectivity index (χ4v) is 19.2. The monoisotopic (exact) mass is 967 g/mol. The predicted molar refractivity (Wildman–Crippen MR) is 275 cm³/mol. The van der Waals surface area contributed by atoms with E-state index in [0.29, 0.717) is 25.4 Å². The van der Waals surface area contributed by atoms with Crippen LogP contribution in [0.5, 0.6) is 0 Å². The number of rotatable bonds is 28. The van der Waals surface area contributed by atoms with Crippen LogP contribution in [-0.2, 0) is 46.6 Å². The van der Waals surface area contributed by atoms with Crippen LogP contribution < -0.4 is 0 Å². The molecule has 0 N–H and O–H groups in total. The Morgan fingerprint density at radius 3 is 1.95 bits per heavy atom. The average Bonchev–Trinajstić information content (AvgIpc) is 4.05. The van der Waals surface area contributed by atoms with E-state index >= 15 is 0 Å². The summed E-state index contributed by atoms with van der Waals surface area (Å²) in [5.74, 6) is -0.667. The Morgan fingerprint density at radius 2 is 1.45 bits per heavy atom. The van der Waals surface area contributed by atoms with Gasteiger partial charge in [-0.25, -0.2) is 0 Å². The molecule has 13 heteroatoms. The molecule has 0 saturated carbocycles. The highest BCUT2D eigenvalue weighted by Crippen LogP contribution is 2.43. The second-order valence-corrected chi connectivity index (χ2v) is 33.9. The molecule has 0 aromatic rings. The van der Waals surface area contributed by atoms with Crippen LogP contribution in [0.4, 0.5) is 0 Å². The van der Waals surface area contributed by atoms with E-state index in [-0.39, 0.29) is 42.7 Å². The van der Waals surface area contributed by atoms with E-state index in [9.17, 15) is 9.59 Å². The van der Waals surface area contributed by atoms with Crippen LogP contribution in [0.15, 0.2) is 36.0 Å². The van der Waals surface area contributed by atoms with Crippen molar-refractivity contribution in [2.75, 3.05) is 6.61 Å². The minimum absolute atomic E-state index is 0.0828. The maximum absolute atomic E-state index is 14.1. The summed E-state index contributed by atoms with van der Waals surface area (Å²) in [7, 11) is -5.95. The molecule has 0 aromatic carbocycles. The van der Waals surface area contributed by atoms with Gasteiger partial charge in [0.1, 0.15) is 17.8 Å². The molecule has 0 spiro atoms. The molecule has 1 fully saturated rings. The Hall–Kier alpha value is -1.43. The predicted octanol–water partition coefficient (Wildman–Crippen LogP) is 13.6. The molecule has 0 amide bonds. The maximum atomic E-state index is 14.1. The molecule has 10 nitrogen and oxygen atoms in total. The van der Waals surface area contributed by atoms with E-state index in [4.69, 9.17) is 37.0 Å². The second kappa shape index (κ2) is 27.7. The highest BCUT2D eigenvalue weighted by Gasteiger charge is 2.51. The third-order valence-electron chi connectivity index (χ3n) is 15.5. The molecule has 2 rings (SSSR count). The van der Waals surface area contributed by atoms with Crippen LogP contribution in [-0.4, -0.2) is 97.6 Å². The first-order valence-electron chi connectivity index (χ1n) is 26.1. The normalized spacial score (nSPS) is 28.1. The smallest absolute Gasteiger partial charge is 0.308 e. The zero-order chi connectivity index (χ0) is 49.2. The number of hydrogen-bond donors (Lipinski definition) is 0. The van der Waals surface area contributed by atoms with Gasteiger partial charge >= 0.3 is 11.9 Å². The molecule has 2 heterocycles.